The average molecular weight is 559 g/mol. The van der Waals surface area contributed by atoms with Crippen LogP contribution < -0.4 is 10.2 Å². The summed E-state index contributed by atoms with van der Waals surface area (Å²) < 4.78 is 51.3. The Morgan fingerprint density at radius 3 is 2.38 bits per heavy atom. The normalized spacial score (nSPS) is 19.4. The van der Waals surface area contributed by atoms with E-state index in [1.54, 1.807) is 32.0 Å². The van der Waals surface area contributed by atoms with Gasteiger partial charge in [0.2, 0.25) is 0 Å². The summed E-state index contributed by atoms with van der Waals surface area (Å²) in [5.41, 5.74) is 0.384. The number of alkyl carbamates (subject to hydrolysis) is 1. The maximum Gasteiger partial charge on any atom is 0.416 e. The average Bonchev–Trinajstić information content (AvgIpc) is 3.62. The first kappa shape index (κ1) is 27.4. The number of carbonyl (C=O) groups excluding carboxylic acids is 2. The monoisotopic (exact) mass is 558 g/mol. The smallest absolute Gasteiger partial charge is 0.416 e. The highest BCUT2D eigenvalue weighted by Crippen LogP contribution is 2.47. The molecule has 0 aromatic heterocycles. The van der Waals surface area contributed by atoms with Gasteiger partial charge in [0.1, 0.15) is 0 Å². The molecule has 4 rings (SSSR count). The molecule has 200 valence electrons. The topological polar surface area (TPSA) is 67.9 Å². The summed E-state index contributed by atoms with van der Waals surface area (Å²) >= 11 is 12.0. The molecule has 0 bridgehead atoms. The van der Waals surface area contributed by atoms with E-state index in [4.69, 9.17) is 32.7 Å². The van der Waals surface area contributed by atoms with E-state index >= 15 is 0 Å². The van der Waals surface area contributed by atoms with Gasteiger partial charge in [-0.25, -0.2) is 9.59 Å². The van der Waals surface area contributed by atoms with E-state index in [0.717, 1.165) is 30.5 Å². The van der Waals surface area contributed by atoms with Gasteiger partial charge in [-0.05, 0) is 86.6 Å². The minimum atomic E-state index is -4.59. The van der Waals surface area contributed by atoms with Crippen LogP contribution in [0, 0.1) is 5.92 Å². The first-order valence-electron chi connectivity index (χ1n) is 12.0. The molecule has 0 spiro atoms. The number of halogens is 5. The van der Waals surface area contributed by atoms with Gasteiger partial charge < -0.3 is 14.8 Å². The molecule has 2 atom stereocenters. The molecule has 1 aliphatic carbocycles. The molecular weight excluding hydrogens is 532 g/mol. The highest BCUT2D eigenvalue weighted by Gasteiger charge is 2.46. The molecule has 2 unspecified atom stereocenters. The maximum atomic E-state index is 13.5. The van der Waals surface area contributed by atoms with Crippen LogP contribution in [-0.2, 0) is 22.1 Å². The van der Waals surface area contributed by atoms with E-state index in [1.165, 1.54) is 11.0 Å². The van der Waals surface area contributed by atoms with Gasteiger partial charge >= 0.3 is 18.4 Å². The molecule has 37 heavy (non-hydrogen) atoms. The van der Waals surface area contributed by atoms with Crippen molar-refractivity contribution in [2.45, 2.75) is 63.9 Å². The standard InChI is InChI=1S/C26H27Cl2F3N2O4/c1-14(2)37-25(35)33-22-6-5-17(26(29,30)31)11-20(22)21(13-23(33)16-3-4-16)32-24(34)36-8-7-15-9-18(27)12-19(28)10-15/h5-6,9-12,14,16,21,23H,3-4,7-8,13H2,1-2H3,(H,32,34). The van der Waals surface area contributed by atoms with Crippen LogP contribution in [0.5, 0.6) is 0 Å². The lowest BCUT2D eigenvalue weighted by Gasteiger charge is -2.41. The predicted molar refractivity (Wildman–Crippen MR) is 134 cm³/mol. The summed E-state index contributed by atoms with van der Waals surface area (Å²) in [4.78, 5) is 27.1. The molecule has 1 fully saturated rings. The lowest BCUT2D eigenvalue weighted by atomic mass is 9.88. The fourth-order valence-electron chi connectivity index (χ4n) is 4.60. The third-order valence-electron chi connectivity index (χ3n) is 6.34. The fraction of sp³-hybridized carbons (Fsp3) is 0.462. The lowest BCUT2D eigenvalue weighted by molar-refractivity contribution is -0.137. The SMILES string of the molecule is CC(C)OC(=O)N1c2ccc(C(F)(F)F)cc2C(NC(=O)OCCc2cc(Cl)cc(Cl)c2)CC1C1CC1. The zero-order valence-corrected chi connectivity index (χ0v) is 21.8. The van der Waals surface area contributed by atoms with E-state index in [1.807, 2.05) is 0 Å². The van der Waals surface area contributed by atoms with Gasteiger partial charge in [0.05, 0.1) is 30.0 Å². The zero-order chi connectivity index (χ0) is 26.9. The Morgan fingerprint density at radius 1 is 1.11 bits per heavy atom. The predicted octanol–water partition coefficient (Wildman–Crippen LogP) is 7.56. The number of amides is 2. The number of nitrogens with zero attached hydrogens (tertiary/aromatic N) is 1. The van der Waals surface area contributed by atoms with Crippen molar-refractivity contribution in [3.63, 3.8) is 0 Å². The second-order valence-corrected chi connectivity index (χ2v) is 10.4. The zero-order valence-electron chi connectivity index (χ0n) is 20.3. The van der Waals surface area contributed by atoms with Crippen LogP contribution >= 0.6 is 23.2 Å². The number of hydrogen-bond acceptors (Lipinski definition) is 4. The van der Waals surface area contributed by atoms with Crippen LogP contribution in [0.1, 0.15) is 55.8 Å². The summed E-state index contributed by atoms with van der Waals surface area (Å²) in [5, 5.41) is 3.63. The number of hydrogen-bond donors (Lipinski definition) is 1. The quantitative estimate of drug-likeness (QED) is 0.397. The number of alkyl halides is 3. The summed E-state index contributed by atoms with van der Waals surface area (Å²) in [6, 6.07) is 7.09. The molecule has 6 nitrogen and oxygen atoms in total. The number of benzene rings is 2. The summed E-state index contributed by atoms with van der Waals surface area (Å²) in [6.07, 6.45) is -4.02. The van der Waals surface area contributed by atoms with Gasteiger partial charge in [-0.1, -0.05) is 23.2 Å². The summed E-state index contributed by atoms with van der Waals surface area (Å²) in [5.74, 6) is 0.169. The van der Waals surface area contributed by atoms with Crippen molar-refractivity contribution in [3.8, 4) is 0 Å². The summed E-state index contributed by atoms with van der Waals surface area (Å²) in [6.45, 7) is 3.43. The third-order valence-corrected chi connectivity index (χ3v) is 6.77. The van der Waals surface area contributed by atoms with Crippen molar-refractivity contribution in [1.82, 2.24) is 5.32 Å². The molecule has 2 aliphatic rings. The van der Waals surface area contributed by atoms with Gasteiger partial charge in [0.15, 0.2) is 0 Å². The third kappa shape index (κ3) is 6.82. The summed E-state index contributed by atoms with van der Waals surface area (Å²) in [7, 11) is 0. The Hall–Kier alpha value is -2.65. The van der Waals surface area contributed by atoms with Gasteiger partial charge in [-0.15, -0.1) is 0 Å². The highest BCUT2D eigenvalue weighted by atomic mass is 35.5. The second-order valence-electron chi connectivity index (χ2n) is 9.57. The van der Waals surface area contributed by atoms with Crippen LogP contribution in [0.3, 0.4) is 0 Å². The van der Waals surface area contributed by atoms with E-state index in [9.17, 15) is 22.8 Å². The number of fused-ring (bicyclic) bond motifs is 1. The van der Waals surface area contributed by atoms with Crippen LogP contribution in [0.25, 0.3) is 0 Å². The maximum absolute atomic E-state index is 13.5. The Kier molecular flexibility index (Phi) is 8.14. The van der Waals surface area contributed by atoms with Gasteiger partial charge in [-0.3, -0.25) is 4.90 Å². The van der Waals surface area contributed by atoms with Crippen LogP contribution in [0.4, 0.5) is 28.4 Å². The minimum absolute atomic E-state index is 0.0174. The van der Waals surface area contributed by atoms with Crippen molar-refractivity contribution in [3.05, 3.63) is 63.1 Å². The Bertz CT molecular complexity index is 1150. The van der Waals surface area contributed by atoms with E-state index in [-0.39, 0.29) is 30.6 Å². The van der Waals surface area contributed by atoms with Crippen molar-refractivity contribution >= 4 is 41.1 Å². The second kappa shape index (κ2) is 11.0. The molecule has 1 N–H and O–H groups in total. The molecule has 2 amide bonds. The van der Waals surface area contributed by atoms with Crippen molar-refractivity contribution in [2.75, 3.05) is 11.5 Å². The highest BCUT2D eigenvalue weighted by molar-refractivity contribution is 6.34. The van der Waals surface area contributed by atoms with Gasteiger partial charge in [0, 0.05) is 22.5 Å². The molecule has 2 aromatic carbocycles. The van der Waals surface area contributed by atoms with Crippen LogP contribution in [-0.4, -0.2) is 30.9 Å². The van der Waals surface area contributed by atoms with Crippen molar-refractivity contribution in [1.29, 1.82) is 0 Å². The van der Waals surface area contributed by atoms with E-state index < -0.39 is 36.1 Å². The molecule has 1 saturated carbocycles. The number of carbonyl (C=O) groups is 2. The molecule has 0 radical (unpaired) electrons. The number of ether oxygens (including phenoxy) is 2. The number of rotatable bonds is 6. The molecule has 1 aliphatic heterocycles. The van der Waals surface area contributed by atoms with Crippen molar-refractivity contribution < 1.29 is 32.2 Å². The molecule has 2 aromatic rings. The largest absolute Gasteiger partial charge is 0.449 e. The fourth-order valence-corrected chi connectivity index (χ4v) is 5.17. The van der Waals surface area contributed by atoms with Gasteiger partial charge in [0.25, 0.3) is 0 Å². The number of nitrogens with one attached hydrogen (secondary N) is 1. The molecule has 11 heteroatoms. The number of anilines is 1. The lowest BCUT2D eigenvalue weighted by Crippen LogP contribution is -2.49. The van der Waals surface area contributed by atoms with Crippen molar-refractivity contribution in [2.24, 2.45) is 5.92 Å². The van der Waals surface area contributed by atoms with E-state index in [2.05, 4.69) is 5.32 Å². The molecule has 0 saturated heterocycles. The van der Waals surface area contributed by atoms with Crippen LogP contribution in [0.15, 0.2) is 36.4 Å². The minimum Gasteiger partial charge on any atom is -0.449 e. The van der Waals surface area contributed by atoms with Gasteiger partial charge in [-0.2, -0.15) is 13.2 Å². The molecule has 1 heterocycles. The Morgan fingerprint density at radius 2 is 1.78 bits per heavy atom. The van der Waals surface area contributed by atoms with Crippen LogP contribution in [0.2, 0.25) is 10.0 Å². The molecular formula is C26H27Cl2F3N2O4. The Balaban J connectivity index is 1.55. The first-order valence-corrected chi connectivity index (χ1v) is 12.8. The first-order chi connectivity index (χ1) is 17.4. The van der Waals surface area contributed by atoms with E-state index in [0.29, 0.717) is 22.2 Å². The Labute approximate surface area is 223 Å².